The second-order valence-corrected chi connectivity index (χ2v) is 4.79. The van der Waals surface area contributed by atoms with Crippen LogP contribution in [0.1, 0.15) is 38.2 Å². The number of ether oxygens (including phenoxy) is 1. The molecule has 0 heterocycles. The lowest BCUT2D eigenvalue weighted by atomic mass is 10.0. The SMILES string of the molecule is CNc1ccccc1C(C)C.COC(=O)C1CC1. The van der Waals surface area contributed by atoms with Crippen LogP contribution < -0.4 is 5.32 Å². The van der Waals surface area contributed by atoms with Crippen molar-refractivity contribution in [2.45, 2.75) is 32.6 Å². The number of carbonyl (C=O) groups is 1. The number of carbonyl (C=O) groups excluding carboxylic acids is 1. The topological polar surface area (TPSA) is 38.3 Å². The maximum atomic E-state index is 10.4. The predicted octanol–water partition coefficient (Wildman–Crippen LogP) is 3.42. The van der Waals surface area contributed by atoms with Gasteiger partial charge in [0.25, 0.3) is 0 Å². The molecule has 0 bridgehead atoms. The van der Waals surface area contributed by atoms with Crippen molar-refractivity contribution in [2.24, 2.45) is 5.92 Å². The van der Waals surface area contributed by atoms with Crippen LogP contribution in [0, 0.1) is 5.92 Å². The summed E-state index contributed by atoms with van der Waals surface area (Å²) in [6.07, 6.45) is 2.07. The zero-order valence-corrected chi connectivity index (χ0v) is 11.7. The van der Waals surface area contributed by atoms with Crippen LogP contribution in [-0.2, 0) is 9.53 Å². The number of nitrogens with one attached hydrogen (secondary N) is 1. The fraction of sp³-hybridized carbons (Fsp3) is 0.533. The van der Waals surface area contributed by atoms with Gasteiger partial charge < -0.3 is 10.1 Å². The van der Waals surface area contributed by atoms with Crippen molar-refractivity contribution in [3.05, 3.63) is 29.8 Å². The summed E-state index contributed by atoms with van der Waals surface area (Å²) in [6, 6.07) is 8.40. The van der Waals surface area contributed by atoms with Gasteiger partial charge in [0, 0.05) is 12.7 Å². The molecule has 3 heteroatoms. The van der Waals surface area contributed by atoms with E-state index in [1.54, 1.807) is 0 Å². The molecule has 2 rings (SSSR count). The van der Waals surface area contributed by atoms with Crippen LogP contribution in [0.4, 0.5) is 5.69 Å². The smallest absolute Gasteiger partial charge is 0.308 e. The molecule has 18 heavy (non-hydrogen) atoms. The van der Waals surface area contributed by atoms with Crippen LogP contribution in [0.2, 0.25) is 0 Å². The summed E-state index contributed by atoms with van der Waals surface area (Å²) in [5.41, 5.74) is 2.62. The molecule has 0 unspecified atom stereocenters. The molecule has 1 N–H and O–H groups in total. The highest BCUT2D eigenvalue weighted by molar-refractivity contribution is 5.74. The van der Waals surface area contributed by atoms with Gasteiger partial charge in [-0.05, 0) is 30.4 Å². The van der Waals surface area contributed by atoms with Crippen LogP contribution in [0.25, 0.3) is 0 Å². The largest absolute Gasteiger partial charge is 0.469 e. The van der Waals surface area contributed by atoms with E-state index in [0.29, 0.717) is 5.92 Å². The van der Waals surface area contributed by atoms with Crippen molar-refractivity contribution in [3.8, 4) is 0 Å². The number of hydrogen-bond donors (Lipinski definition) is 1. The zero-order valence-electron chi connectivity index (χ0n) is 11.7. The highest BCUT2D eigenvalue weighted by Gasteiger charge is 2.30. The molecule has 0 aliphatic heterocycles. The standard InChI is InChI=1S/C10H15N.C5H8O2/c1-8(2)9-6-4-5-7-10(9)11-3;1-7-5(6)4-2-3-4/h4-8,11H,1-3H3;4H,2-3H2,1H3. The van der Waals surface area contributed by atoms with Gasteiger partial charge in [-0.25, -0.2) is 0 Å². The van der Waals surface area contributed by atoms with E-state index in [1.807, 2.05) is 7.05 Å². The predicted molar refractivity (Wildman–Crippen MR) is 74.8 cm³/mol. The lowest BCUT2D eigenvalue weighted by Gasteiger charge is -2.10. The van der Waals surface area contributed by atoms with Crippen molar-refractivity contribution >= 4 is 11.7 Å². The number of benzene rings is 1. The molecule has 0 amide bonds. The molecular weight excluding hydrogens is 226 g/mol. The average Bonchev–Trinajstić information content (AvgIpc) is 3.22. The Kier molecular flexibility index (Phi) is 5.69. The highest BCUT2D eigenvalue weighted by Crippen LogP contribution is 2.29. The van der Waals surface area contributed by atoms with Crippen molar-refractivity contribution in [2.75, 3.05) is 19.5 Å². The molecule has 1 saturated carbocycles. The molecule has 1 aromatic carbocycles. The third kappa shape index (κ3) is 4.40. The van der Waals surface area contributed by atoms with Crippen molar-refractivity contribution in [1.82, 2.24) is 0 Å². The Labute approximate surface area is 110 Å². The minimum Gasteiger partial charge on any atom is -0.469 e. The maximum Gasteiger partial charge on any atom is 0.308 e. The Bertz CT molecular complexity index is 384. The Morgan fingerprint density at radius 2 is 1.94 bits per heavy atom. The molecule has 100 valence electrons. The lowest BCUT2D eigenvalue weighted by Crippen LogP contribution is -2.00. The van der Waals surface area contributed by atoms with E-state index in [1.165, 1.54) is 18.4 Å². The van der Waals surface area contributed by atoms with Gasteiger partial charge >= 0.3 is 5.97 Å². The summed E-state index contributed by atoms with van der Waals surface area (Å²) in [7, 11) is 3.39. The van der Waals surface area contributed by atoms with Crippen LogP contribution in [0.3, 0.4) is 0 Å². The quantitative estimate of drug-likeness (QED) is 0.834. The normalized spacial score (nSPS) is 13.6. The van der Waals surface area contributed by atoms with Crippen molar-refractivity contribution in [3.63, 3.8) is 0 Å². The van der Waals surface area contributed by atoms with Gasteiger partial charge in [-0.1, -0.05) is 32.0 Å². The molecule has 1 fully saturated rings. The van der Waals surface area contributed by atoms with E-state index < -0.39 is 0 Å². The molecule has 1 aromatic rings. The number of hydrogen-bond acceptors (Lipinski definition) is 3. The molecule has 0 spiro atoms. The first-order valence-electron chi connectivity index (χ1n) is 6.44. The van der Waals surface area contributed by atoms with Gasteiger partial charge in [-0.3, -0.25) is 4.79 Å². The molecule has 0 atom stereocenters. The fourth-order valence-corrected chi connectivity index (χ4v) is 1.71. The van der Waals surface area contributed by atoms with E-state index >= 15 is 0 Å². The van der Waals surface area contributed by atoms with Crippen molar-refractivity contribution < 1.29 is 9.53 Å². The van der Waals surface area contributed by atoms with E-state index in [2.05, 4.69) is 48.2 Å². The summed E-state index contributed by atoms with van der Waals surface area (Å²) in [4.78, 5) is 10.4. The fourth-order valence-electron chi connectivity index (χ4n) is 1.71. The van der Waals surface area contributed by atoms with Crippen molar-refractivity contribution in [1.29, 1.82) is 0 Å². The minimum absolute atomic E-state index is 0.0417. The van der Waals surface area contributed by atoms with Crippen LogP contribution in [0.15, 0.2) is 24.3 Å². The minimum atomic E-state index is -0.0417. The molecule has 3 nitrogen and oxygen atoms in total. The zero-order chi connectivity index (χ0) is 13.5. The van der Waals surface area contributed by atoms with Gasteiger partial charge in [-0.15, -0.1) is 0 Å². The van der Waals surface area contributed by atoms with Crippen LogP contribution >= 0.6 is 0 Å². The van der Waals surface area contributed by atoms with Gasteiger partial charge in [0.2, 0.25) is 0 Å². The molecule has 0 radical (unpaired) electrons. The van der Waals surface area contributed by atoms with Gasteiger partial charge in [0.05, 0.1) is 13.0 Å². The summed E-state index contributed by atoms with van der Waals surface area (Å²) < 4.78 is 4.44. The first-order valence-corrected chi connectivity index (χ1v) is 6.44. The first-order chi connectivity index (χ1) is 8.60. The Morgan fingerprint density at radius 1 is 1.33 bits per heavy atom. The van der Waals surface area contributed by atoms with E-state index in [-0.39, 0.29) is 11.9 Å². The second-order valence-electron chi connectivity index (χ2n) is 4.79. The number of rotatable bonds is 3. The Hall–Kier alpha value is -1.51. The summed E-state index contributed by atoms with van der Waals surface area (Å²) in [6.45, 7) is 4.41. The third-order valence-electron chi connectivity index (χ3n) is 2.96. The number of para-hydroxylation sites is 1. The van der Waals surface area contributed by atoms with Gasteiger partial charge in [0.15, 0.2) is 0 Å². The third-order valence-corrected chi connectivity index (χ3v) is 2.96. The highest BCUT2D eigenvalue weighted by atomic mass is 16.5. The number of anilines is 1. The van der Waals surface area contributed by atoms with E-state index in [0.717, 1.165) is 12.8 Å². The second kappa shape index (κ2) is 7.04. The summed E-state index contributed by atoms with van der Waals surface area (Å²) in [5.74, 6) is 0.809. The Morgan fingerprint density at radius 3 is 2.28 bits per heavy atom. The monoisotopic (exact) mass is 249 g/mol. The molecule has 0 aromatic heterocycles. The van der Waals surface area contributed by atoms with Crippen LogP contribution in [0.5, 0.6) is 0 Å². The molecule has 1 aliphatic carbocycles. The van der Waals surface area contributed by atoms with Gasteiger partial charge in [-0.2, -0.15) is 0 Å². The Balaban J connectivity index is 0.000000199. The number of esters is 1. The maximum absolute atomic E-state index is 10.4. The van der Waals surface area contributed by atoms with Gasteiger partial charge in [0.1, 0.15) is 0 Å². The average molecular weight is 249 g/mol. The molecule has 1 aliphatic rings. The molecule has 0 saturated heterocycles. The molecular formula is C15H23NO2. The van der Waals surface area contributed by atoms with Crippen LogP contribution in [-0.4, -0.2) is 20.1 Å². The lowest BCUT2D eigenvalue weighted by molar-refractivity contribution is -0.142. The summed E-state index contributed by atoms with van der Waals surface area (Å²) >= 11 is 0. The number of methoxy groups -OCH3 is 1. The first kappa shape index (κ1) is 14.6. The van der Waals surface area contributed by atoms with E-state index in [9.17, 15) is 4.79 Å². The summed E-state index contributed by atoms with van der Waals surface area (Å²) in [5, 5.41) is 3.18. The van der Waals surface area contributed by atoms with E-state index in [4.69, 9.17) is 0 Å².